The van der Waals surface area contributed by atoms with Crippen LogP contribution in [0.4, 0.5) is 11.4 Å². The van der Waals surface area contributed by atoms with Crippen LogP contribution in [0.15, 0.2) is 125 Å². The second-order valence-corrected chi connectivity index (χ2v) is 11.0. The summed E-state index contributed by atoms with van der Waals surface area (Å²) in [6.45, 7) is 0.330. The molecule has 1 aliphatic rings. The Balaban J connectivity index is 1.37. The van der Waals surface area contributed by atoms with Crippen LogP contribution in [0.2, 0.25) is 0 Å². The zero-order chi connectivity index (χ0) is 29.9. The molecule has 6 nitrogen and oxygen atoms in total. The summed E-state index contributed by atoms with van der Waals surface area (Å²) in [4.78, 5) is 30.5. The number of rotatable bonds is 7. The molecular formula is C35H25BrN2O4S. The maximum atomic E-state index is 13.9. The van der Waals surface area contributed by atoms with Crippen LogP contribution in [0.5, 0.6) is 11.5 Å². The molecule has 5 aromatic rings. The van der Waals surface area contributed by atoms with Crippen LogP contribution in [-0.2, 0) is 16.2 Å². The van der Waals surface area contributed by atoms with E-state index in [2.05, 4.69) is 34.1 Å². The van der Waals surface area contributed by atoms with E-state index in [1.54, 1.807) is 49.6 Å². The first-order valence-electron chi connectivity index (χ1n) is 13.5. The maximum Gasteiger partial charge on any atom is 0.270 e. The van der Waals surface area contributed by atoms with E-state index in [0.29, 0.717) is 39.5 Å². The normalized spacial score (nSPS) is 13.4. The summed E-state index contributed by atoms with van der Waals surface area (Å²) in [6, 6.07) is 35.9. The van der Waals surface area contributed by atoms with Crippen LogP contribution in [-0.4, -0.2) is 24.0 Å². The largest absolute Gasteiger partial charge is 0.493 e. The quantitative estimate of drug-likeness (QED) is 0.102. The monoisotopic (exact) mass is 648 g/mol. The van der Waals surface area contributed by atoms with Crippen LogP contribution < -0.4 is 19.3 Å². The van der Waals surface area contributed by atoms with Crippen molar-refractivity contribution in [1.82, 2.24) is 0 Å². The summed E-state index contributed by atoms with van der Waals surface area (Å²) in [7, 11) is 1.55. The Hall–Kier alpha value is -4.79. The number of halogens is 1. The van der Waals surface area contributed by atoms with E-state index in [4.69, 9.17) is 21.7 Å². The average Bonchev–Trinajstić information content (AvgIpc) is 3.04. The highest BCUT2D eigenvalue weighted by Crippen LogP contribution is 2.37. The number of para-hydroxylation sites is 2. The highest BCUT2D eigenvalue weighted by atomic mass is 79.9. The molecule has 0 N–H and O–H groups in total. The second-order valence-electron chi connectivity index (χ2n) is 9.74. The zero-order valence-corrected chi connectivity index (χ0v) is 25.5. The van der Waals surface area contributed by atoms with Gasteiger partial charge in [-0.3, -0.25) is 19.4 Å². The number of thiocarbonyl (C=S) groups is 1. The van der Waals surface area contributed by atoms with Gasteiger partial charge in [-0.1, -0.05) is 94.8 Å². The number of amides is 2. The first-order valence-corrected chi connectivity index (χ1v) is 14.7. The fourth-order valence-corrected chi connectivity index (χ4v) is 5.82. The van der Waals surface area contributed by atoms with Crippen molar-refractivity contribution in [3.05, 3.63) is 136 Å². The molecule has 0 aliphatic carbocycles. The number of carbonyl (C=O) groups excluding carboxylic acids is 2. The molecule has 1 aliphatic heterocycles. The van der Waals surface area contributed by atoms with E-state index in [1.807, 2.05) is 60.7 Å². The van der Waals surface area contributed by atoms with Crippen molar-refractivity contribution in [3.63, 3.8) is 0 Å². The van der Waals surface area contributed by atoms with Crippen LogP contribution >= 0.6 is 28.1 Å². The van der Waals surface area contributed by atoms with E-state index in [9.17, 15) is 9.59 Å². The first-order chi connectivity index (χ1) is 21.0. The molecule has 0 atom stereocenters. The van der Waals surface area contributed by atoms with E-state index in [1.165, 1.54) is 9.80 Å². The van der Waals surface area contributed by atoms with Crippen LogP contribution in [0, 0.1) is 0 Å². The van der Waals surface area contributed by atoms with Crippen LogP contribution in [0.1, 0.15) is 11.1 Å². The predicted molar refractivity (Wildman–Crippen MR) is 177 cm³/mol. The smallest absolute Gasteiger partial charge is 0.270 e. The molecule has 0 aromatic heterocycles. The lowest BCUT2D eigenvalue weighted by Crippen LogP contribution is -2.56. The number of benzene rings is 5. The van der Waals surface area contributed by atoms with Crippen molar-refractivity contribution in [3.8, 4) is 11.5 Å². The van der Waals surface area contributed by atoms with Gasteiger partial charge in [0.1, 0.15) is 12.2 Å². The molecule has 0 unspecified atom stereocenters. The summed E-state index contributed by atoms with van der Waals surface area (Å²) in [5, 5.41) is 2.33. The molecule has 1 heterocycles. The first kappa shape index (κ1) is 28.3. The van der Waals surface area contributed by atoms with Gasteiger partial charge in [0.05, 0.1) is 18.5 Å². The van der Waals surface area contributed by atoms with Crippen molar-refractivity contribution in [2.45, 2.75) is 6.61 Å². The van der Waals surface area contributed by atoms with Gasteiger partial charge in [0.2, 0.25) is 0 Å². The number of anilines is 2. The topological polar surface area (TPSA) is 59.1 Å². The molecule has 43 heavy (non-hydrogen) atoms. The van der Waals surface area contributed by atoms with Crippen LogP contribution in [0.3, 0.4) is 0 Å². The molecule has 6 rings (SSSR count). The van der Waals surface area contributed by atoms with Crippen LogP contribution in [0.25, 0.3) is 16.8 Å². The number of carbonyl (C=O) groups is 2. The van der Waals surface area contributed by atoms with Gasteiger partial charge in [0.15, 0.2) is 16.6 Å². The fourth-order valence-electron chi connectivity index (χ4n) is 5.00. The fraction of sp³-hybridized carbons (Fsp3) is 0.0571. The molecule has 1 fully saturated rings. The van der Waals surface area contributed by atoms with E-state index >= 15 is 0 Å². The second kappa shape index (κ2) is 12.2. The van der Waals surface area contributed by atoms with Gasteiger partial charge in [-0.05, 0) is 76.6 Å². The molecule has 5 aromatic carbocycles. The van der Waals surface area contributed by atoms with E-state index in [-0.39, 0.29) is 10.7 Å². The summed E-state index contributed by atoms with van der Waals surface area (Å²) in [5.41, 5.74) is 2.68. The van der Waals surface area contributed by atoms with Gasteiger partial charge in [-0.25, -0.2) is 0 Å². The number of hydrogen-bond acceptors (Lipinski definition) is 5. The molecule has 0 spiro atoms. The van der Waals surface area contributed by atoms with Gasteiger partial charge in [-0.15, -0.1) is 0 Å². The number of methoxy groups -OCH3 is 1. The van der Waals surface area contributed by atoms with Crippen molar-refractivity contribution in [1.29, 1.82) is 0 Å². The van der Waals surface area contributed by atoms with Crippen molar-refractivity contribution in [2.75, 3.05) is 16.9 Å². The minimum absolute atomic E-state index is 0.0477. The van der Waals surface area contributed by atoms with Gasteiger partial charge < -0.3 is 9.47 Å². The number of ether oxygens (including phenoxy) is 2. The summed E-state index contributed by atoms with van der Waals surface area (Å²) >= 11 is 9.32. The minimum atomic E-state index is -0.518. The van der Waals surface area contributed by atoms with E-state index in [0.717, 1.165) is 16.3 Å². The van der Waals surface area contributed by atoms with Gasteiger partial charge in [0, 0.05) is 4.47 Å². The number of fused-ring (bicyclic) bond motifs is 1. The Kier molecular flexibility index (Phi) is 8.05. The minimum Gasteiger partial charge on any atom is -0.493 e. The lowest BCUT2D eigenvalue weighted by atomic mass is 10.0. The SMILES string of the molecule is COc1cc(C=C2C(=O)N(c3ccccc3)C(=S)N(c3ccccc3)C2=O)c(Br)cc1OCc1cccc2ccccc12. The Morgan fingerprint density at radius 1 is 0.744 bits per heavy atom. The zero-order valence-electron chi connectivity index (χ0n) is 23.1. The molecular weight excluding hydrogens is 624 g/mol. The van der Waals surface area contributed by atoms with Crippen molar-refractivity contribution >= 4 is 73.3 Å². The standard InChI is InChI=1S/C35H25BrN2O4S/c1-41-31-20-25(30(36)21-32(31)42-22-24-13-10-12-23-11-8-9-18-28(23)24)19-29-33(39)37(26-14-4-2-5-15-26)35(43)38(34(29)40)27-16-6-3-7-17-27/h2-21H,22H2,1H3. The number of hydrogen-bond donors (Lipinski definition) is 0. The Bertz CT molecular complexity index is 1820. The highest BCUT2D eigenvalue weighted by molar-refractivity contribution is 9.10. The highest BCUT2D eigenvalue weighted by Gasteiger charge is 2.41. The predicted octanol–water partition coefficient (Wildman–Crippen LogP) is 7.94. The van der Waals surface area contributed by atoms with Gasteiger partial charge >= 0.3 is 0 Å². The Labute approximate surface area is 262 Å². The van der Waals surface area contributed by atoms with Gasteiger partial charge in [0.25, 0.3) is 11.8 Å². The maximum absolute atomic E-state index is 13.9. The summed E-state index contributed by atoms with van der Waals surface area (Å²) in [5.74, 6) is -0.0591. The third kappa shape index (κ3) is 5.55. The van der Waals surface area contributed by atoms with Crippen molar-refractivity contribution in [2.24, 2.45) is 0 Å². The molecule has 212 valence electrons. The molecule has 2 amide bonds. The lowest BCUT2D eigenvalue weighted by Gasteiger charge is -2.36. The molecule has 1 saturated heterocycles. The third-order valence-electron chi connectivity index (χ3n) is 7.12. The molecule has 8 heteroatoms. The molecule has 0 saturated carbocycles. The Morgan fingerprint density at radius 2 is 1.33 bits per heavy atom. The number of nitrogens with zero attached hydrogens (tertiary/aromatic N) is 2. The van der Waals surface area contributed by atoms with Crippen molar-refractivity contribution < 1.29 is 19.1 Å². The summed E-state index contributed by atoms with van der Waals surface area (Å²) in [6.07, 6.45) is 1.55. The lowest BCUT2D eigenvalue weighted by molar-refractivity contribution is -0.120. The summed E-state index contributed by atoms with van der Waals surface area (Å²) < 4.78 is 12.5. The third-order valence-corrected chi connectivity index (χ3v) is 8.18. The molecule has 0 radical (unpaired) electrons. The molecule has 0 bridgehead atoms. The average molecular weight is 650 g/mol. The van der Waals surface area contributed by atoms with Gasteiger partial charge in [-0.2, -0.15) is 0 Å². The van der Waals surface area contributed by atoms with E-state index < -0.39 is 11.8 Å². The Morgan fingerprint density at radius 3 is 1.95 bits per heavy atom.